The summed E-state index contributed by atoms with van der Waals surface area (Å²) in [7, 11) is 0. The van der Waals surface area contributed by atoms with Gasteiger partial charge in [0.05, 0.1) is 6.61 Å². The van der Waals surface area contributed by atoms with Crippen LogP contribution in [0.5, 0.6) is 0 Å². The molecule has 23 heavy (non-hydrogen) atoms. The molecular weight excluding hydrogens is 310 g/mol. The summed E-state index contributed by atoms with van der Waals surface area (Å²) < 4.78 is 5.19. The quantitative estimate of drug-likeness (QED) is 0.834. The molecule has 1 saturated carbocycles. The third-order valence-corrected chi connectivity index (χ3v) is 4.71. The molecular formula is C18H19NO3S. The van der Waals surface area contributed by atoms with Crippen LogP contribution in [0.25, 0.3) is 11.1 Å². The molecule has 1 aliphatic rings. The minimum Gasteiger partial charge on any atom is -0.462 e. The van der Waals surface area contributed by atoms with E-state index in [-0.39, 0.29) is 11.8 Å². The van der Waals surface area contributed by atoms with Crippen molar-refractivity contribution in [2.75, 3.05) is 11.9 Å². The van der Waals surface area contributed by atoms with Gasteiger partial charge in [-0.3, -0.25) is 4.79 Å². The lowest BCUT2D eigenvalue weighted by Gasteiger charge is -2.08. The zero-order chi connectivity index (χ0) is 16.4. The minimum absolute atomic E-state index is 0.00662. The Labute approximate surface area is 139 Å². The van der Waals surface area contributed by atoms with Gasteiger partial charge in [-0.2, -0.15) is 0 Å². The van der Waals surface area contributed by atoms with Crippen LogP contribution in [-0.4, -0.2) is 18.5 Å². The summed E-state index contributed by atoms with van der Waals surface area (Å²) in [6.07, 6.45) is 1.85. The number of hydrogen-bond acceptors (Lipinski definition) is 4. The molecule has 0 saturated heterocycles. The Bertz CT molecular complexity index is 729. The molecule has 3 rings (SSSR count). The van der Waals surface area contributed by atoms with Crippen molar-refractivity contribution in [3.8, 4) is 11.1 Å². The van der Waals surface area contributed by atoms with E-state index in [1.54, 1.807) is 6.92 Å². The van der Waals surface area contributed by atoms with Gasteiger partial charge in [-0.1, -0.05) is 29.8 Å². The Morgan fingerprint density at radius 1 is 1.26 bits per heavy atom. The van der Waals surface area contributed by atoms with Crippen LogP contribution >= 0.6 is 11.3 Å². The molecule has 1 fully saturated rings. The van der Waals surface area contributed by atoms with Crippen molar-refractivity contribution in [3.63, 3.8) is 0 Å². The fourth-order valence-corrected chi connectivity index (χ4v) is 3.32. The van der Waals surface area contributed by atoms with Crippen LogP contribution in [0.3, 0.4) is 0 Å². The van der Waals surface area contributed by atoms with E-state index >= 15 is 0 Å². The zero-order valence-electron chi connectivity index (χ0n) is 13.2. The van der Waals surface area contributed by atoms with Gasteiger partial charge >= 0.3 is 5.97 Å². The van der Waals surface area contributed by atoms with Crippen molar-refractivity contribution in [1.29, 1.82) is 0 Å². The summed E-state index contributed by atoms with van der Waals surface area (Å²) in [6, 6.07) is 7.97. The normalized spacial score (nSPS) is 13.7. The summed E-state index contributed by atoms with van der Waals surface area (Å²) in [6.45, 7) is 4.10. The maximum absolute atomic E-state index is 12.4. The fraction of sp³-hybridized carbons (Fsp3) is 0.333. The van der Waals surface area contributed by atoms with E-state index < -0.39 is 5.97 Å². The third-order valence-electron chi connectivity index (χ3n) is 3.82. The van der Waals surface area contributed by atoms with E-state index in [1.165, 1.54) is 11.3 Å². The van der Waals surface area contributed by atoms with Crippen LogP contribution in [0.2, 0.25) is 0 Å². The molecule has 1 aromatic carbocycles. The molecule has 1 aliphatic carbocycles. The minimum atomic E-state index is -0.393. The second-order valence-electron chi connectivity index (χ2n) is 5.70. The first-order valence-corrected chi connectivity index (χ1v) is 8.64. The van der Waals surface area contributed by atoms with Gasteiger partial charge in [0, 0.05) is 16.9 Å². The summed E-state index contributed by atoms with van der Waals surface area (Å²) in [5.74, 6) is -0.307. The van der Waals surface area contributed by atoms with Crippen LogP contribution in [0.1, 0.15) is 35.7 Å². The molecule has 1 N–H and O–H groups in total. The van der Waals surface area contributed by atoms with Gasteiger partial charge in [-0.15, -0.1) is 11.3 Å². The molecule has 0 atom stereocenters. The number of ether oxygens (including phenoxy) is 1. The lowest BCUT2D eigenvalue weighted by Crippen LogP contribution is -2.15. The van der Waals surface area contributed by atoms with Gasteiger partial charge in [-0.05, 0) is 32.3 Å². The number of nitrogens with one attached hydrogen (secondary N) is 1. The number of carbonyl (C=O) groups excluding carboxylic acids is 2. The van der Waals surface area contributed by atoms with Gasteiger partial charge in [-0.25, -0.2) is 4.79 Å². The van der Waals surface area contributed by atoms with E-state index in [4.69, 9.17) is 4.74 Å². The van der Waals surface area contributed by atoms with Crippen LogP contribution < -0.4 is 5.32 Å². The lowest BCUT2D eigenvalue weighted by atomic mass is 10.0. The average Bonchev–Trinajstić information content (AvgIpc) is 3.30. The molecule has 0 aliphatic heterocycles. The SMILES string of the molecule is CCOC(=O)c1c(-c2ccc(C)cc2)csc1NC(=O)C1CC1. The summed E-state index contributed by atoms with van der Waals surface area (Å²) >= 11 is 1.37. The number of rotatable bonds is 5. The van der Waals surface area contributed by atoms with Crippen molar-refractivity contribution in [1.82, 2.24) is 0 Å². The van der Waals surface area contributed by atoms with Crippen molar-refractivity contribution >= 4 is 28.2 Å². The average molecular weight is 329 g/mol. The summed E-state index contributed by atoms with van der Waals surface area (Å²) in [5.41, 5.74) is 3.36. The second kappa shape index (κ2) is 6.54. The van der Waals surface area contributed by atoms with Gasteiger partial charge in [0.25, 0.3) is 0 Å². The Balaban J connectivity index is 1.97. The molecule has 1 aromatic heterocycles. The van der Waals surface area contributed by atoms with Crippen LogP contribution in [-0.2, 0) is 9.53 Å². The second-order valence-corrected chi connectivity index (χ2v) is 6.58. The van der Waals surface area contributed by atoms with Crippen molar-refractivity contribution in [2.45, 2.75) is 26.7 Å². The van der Waals surface area contributed by atoms with E-state index in [9.17, 15) is 9.59 Å². The zero-order valence-corrected chi connectivity index (χ0v) is 14.0. The molecule has 0 bridgehead atoms. The molecule has 0 radical (unpaired) electrons. The van der Waals surface area contributed by atoms with Crippen LogP contribution in [0.15, 0.2) is 29.6 Å². The van der Waals surface area contributed by atoms with E-state index in [2.05, 4.69) is 5.32 Å². The van der Waals surface area contributed by atoms with Crippen molar-refractivity contribution in [2.24, 2.45) is 5.92 Å². The number of thiophene rings is 1. The number of benzene rings is 1. The van der Waals surface area contributed by atoms with E-state index in [0.717, 1.165) is 29.5 Å². The highest BCUT2D eigenvalue weighted by Gasteiger charge is 2.31. The van der Waals surface area contributed by atoms with Gasteiger partial charge in [0.1, 0.15) is 10.6 Å². The van der Waals surface area contributed by atoms with Crippen LogP contribution in [0, 0.1) is 12.8 Å². The summed E-state index contributed by atoms with van der Waals surface area (Å²) in [4.78, 5) is 24.4. The van der Waals surface area contributed by atoms with Gasteiger partial charge in [0.15, 0.2) is 0 Å². The maximum atomic E-state index is 12.4. The molecule has 1 heterocycles. The first kappa shape index (κ1) is 15.7. The molecule has 1 amide bonds. The smallest absolute Gasteiger partial charge is 0.341 e. The monoisotopic (exact) mass is 329 g/mol. The number of amides is 1. The number of aryl methyl sites for hydroxylation is 1. The number of hydrogen-bond donors (Lipinski definition) is 1. The molecule has 0 unspecified atom stereocenters. The van der Waals surface area contributed by atoms with Gasteiger partial charge < -0.3 is 10.1 Å². The molecule has 0 spiro atoms. The Morgan fingerprint density at radius 2 is 1.96 bits per heavy atom. The lowest BCUT2D eigenvalue weighted by molar-refractivity contribution is -0.117. The first-order chi connectivity index (χ1) is 11.1. The molecule has 120 valence electrons. The fourth-order valence-electron chi connectivity index (χ4n) is 2.36. The maximum Gasteiger partial charge on any atom is 0.341 e. The molecule has 2 aromatic rings. The van der Waals surface area contributed by atoms with E-state index in [1.807, 2.05) is 36.6 Å². The highest BCUT2D eigenvalue weighted by Crippen LogP contribution is 2.38. The number of esters is 1. The highest BCUT2D eigenvalue weighted by molar-refractivity contribution is 7.15. The van der Waals surface area contributed by atoms with Gasteiger partial charge in [0.2, 0.25) is 5.91 Å². The topological polar surface area (TPSA) is 55.4 Å². The largest absolute Gasteiger partial charge is 0.462 e. The molecule has 4 nitrogen and oxygen atoms in total. The standard InChI is InChI=1S/C18H19NO3S/c1-3-22-18(21)15-14(12-6-4-11(2)5-7-12)10-23-17(15)19-16(20)13-8-9-13/h4-7,10,13H,3,8-9H2,1-2H3,(H,19,20). The first-order valence-electron chi connectivity index (χ1n) is 7.76. The predicted octanol–water partition coefficient (Wildman–Crippen LogP) is 4.25. The third kappa shape index (κ3) is 3.45. The predicted molar refractivity (Wildman–Crippen MR) is 91.8 cm³/mol. The Morgan fingerprint density at radius 3 is 2.57 bits per heavy atom. The highest BCUT2D eigenvalue weighted by atomic mass is 32.1. The molecule has 5 heteroatoms. The van der Waals surface area contributed by atoms with Crippen molar-refractivity contribution in [3.05, 3.63) is 40.8 Å². The van der Waals surface area contributed by atoms with Crippen molar-refractivity contribution < 1.29 is 14.3 Å². The van der Waals surface area contributed by atoms with Crippen LogP contribution in [0.4, 0.5) is 5.00 Å². The number of carbonyl (C=O) groups is 2. The summed E-state index contributed by atoms with van der Waals surface area (Å²) in [5, 5.41) is 5.37. The Kier molecular flexibility index (Phi) is 4.48. The number of anilines is 1. The van der Waals surface area contributed by atoms with E-state index in [0.29, 0.717) is 17.2 Å². The Hall–Kier alpha value is -2.14.